The van der Waals surface area contributed by atoms with E-state index in [-0.39, 0.29) is 18.4 Å². The first-order valence-electron chi connectivity index (χ1n) is 14.4. The van der Waals surface area contributed by atoms with Gasteiger partial charge < -0.3 is 24.4 Å². The Labute approximate surface area is 221 Å². The van der Waals surface area contributed by atoms with Crippen LogP contribution in [0, 0.1) is 11.8 Å². The predicted molar refractivity (Wildman–Crippen MR) is 139 cm³/mol. The molecule has 1 N–H and O–H groups in total. The Balaban J connectivity index is 1.77. The molecule has 2 amide bonds. The fraction of sp³-hybridized carbons (Fsp3) is 0.759. The monoisotopic (exact) mass is 516 g/mol. The molecule has 2 saturated heterocycles. The van der Waals surface area contributed by atoms with Crippen LogP contribution in [0.3, 0.4) is 0 Å². The number of cyclic esters (lactones) is 1. The Morgan fingerprint density at radius 2 is 1.76 bits per heavy atom. The number of esters is 1. The van der Waals surface area contributed by atoms with E-state index in [4.69, 9.17) is 9.47 Å². The van der Waals surface area contributed by atoms with Gasteiger partial charge in [0.2, 0.25) is 11.8 Å². The summed E-state index contributed by atoms with van der Waals surface area (Å²) < 4.78 is 12.7. The molecule has 206 valence electrons. The van der Waals surface area contributed by atoms with Crippen LogP contribution in [-0.4, -0.2) is 82.8 Å². The summed E-state index contributed by atoms with van der Waals surface area (Å²) in [5.74, 6) is -2.35. The molecule has 0 aromatic rings. The molecule has 4 rings (SSSR count). The van der Waals surface area contributed by atoms with Crippen LogP contribution in [0.5, 0.6) is 0 Å². The van der Waals surface area contributed by atoms with E-state index < -0.39 is 35.0 Å². The number of fused-ring (bicyclic) bond motifs is 2. The average molecular weight is 517 g/mol. The van der Waals surface area contributed by atoms with Gasteiger partial charge in [-0.2, -0.15) is 0 Å². The number of allylic oxidation sites excluding steroid dienone is 1. The molecular weight excluding hydrogens is 472 g/mol. The highest BCUT2D eigenvalue weighted by molar-refractivity contribution is 5.99. The minimum atomic E-state index is -1.22. The van der Waals surface area contributed by atoms with Crippen molar-refractivity contribution >= 4 is 17.8 Å². The molecule has 4 aliphatic rings. The maximum absolute atomic E-state index is 14.2. The van der Waals surface area contributed by atoms with Gasteiger partial charge in [-0.05, 0) is 51.4 Å². The molecule has 5 atom stereocenters. The highest BCUT2D eigenvalue weighted by Gasteiger charge is 2.75. The van der Waals surface area contributed by atoms with Crippen molar-refractivity contribution < 1.29 is 29.0 Å². The molecule has 2 fully saturated rings. The normalized spacial score (nSPS) is 34.6. The van der Waals surface area contributed by atoms with Crippen LogP contribution in [0.4, 0.5) is 0 Å². The summed E-state index contributed by atoms with van der Waals surface area (Å²) >= 11 is 0. The van der Waals surface area contributed by atoms with Crippen LogP contribution in [0.15, 0.2) is 24.3 Å². The third kappa shape index (κ3) is 5.11. The van der Waals surface area contributed by atoms with Gasteiger partial charge in [0.15, 0.2) is 0 Å². The molecule has 4 heterocycles. The fourth-order valence-electron chi connectivity index (χ4n) is 6.65. The van der Waals surface area contributed by atoms with Crippen molar-refractivity contribution in [1.29, 1.82) is 0 Å². The zero-order chi connectivity index (χ0) is 26.5. The van der Waals surface area contributed by atoms with Gasteiger partial charge in [-0.15, -0.1) is 0 Å². The highest BCUT2D eigenvalue weighted by atomic mass is 16.6. The molecule has 0 saturated carbocycles. The summed E-state index contributed by atoms with van der Waals surface area (Å²) in [6.45, 7) is 6.01. The van der Waals surface area contributed by atoms with E-state index in [9.17, 15) is 19.5 Å². The number of hydrogen-bond donors (Lipinski definition) is 1. The molecule has 0 radical (unpaired) electrons. The van der Waals surface area contributed by atoms with E-state index in [0.717, 1.165) is 44.9 Å². The molecule has 0 aromatic carbocycles. The number of amides is 2. The molecule has 0 aliphatic carbocycles. The topological polar surface area (TPSA) is 96.4 Å². The van der Waals surface area contributed by atoms with Gasteiger partial charge in [-0.25, -0.2) is 0 Å². The minimum absolute atomic E-state index is 0.0964. The van der Waals surface area contributed by atoms with Gasteiger partial charge in [0.05, 0.1) is 12.5 Å². The number of rotatable bonds is 10. The fourth-order valence-corrected chi connectivity index (χ4v) is 6.65. The third-order valence-electron chi connectivity index (χ3n) is 8.56. The molecule has 0 aromatic heterocycles. The van der Waals surface area contributed by atoms with Gasteiger partial charge in [0.25, 0.3) is 0 Å². The summed E-state index contributed by atoms with van der Waals surface area (Å²) in [5.41, 5.74) is -2.22. The van der Waals surface area contributed by atoms with Crippen molar-refractivity contribution in [3.63, 3.8) is 0 Å². The van der Waals surface area contributed by atoms with E-state index in [2.05, 4.69) is 13.0 Å². The Hall–Kier alpha value is -2.19. The minimum Gasteiger partial charge on any atom is -0.465 e. The van der Waals surface area contributed by atoms with Crippen LogP contribution in [-0.2, 0) is 23.9 Å². The molecule has 37 heavy (non-hydrogen) atoms. The maximum atomic E-state index is 14.2. The predicted octanol–water partition coefficient (Wildman–Crippen LogP) is 3.38. The van der Waals surface area contributed by atoms with E-state index in [1.165, 1.54) is 0 Å². The lowest BCUT2D eigenvalue weighted by atomic mass is 9.73. The van der Waals surface area contributed by atoms with Gasteiger partial charge in [-0.3, -0.25) is 14.4 Å². The smallest absolute Gasteiger partial charge is 0.313 e. The molecule has 0 bridgehead atoms. The average Bonchev–Trinajstić information content (AvgIpc) is 3.25. The molecule has 1 unspecified atom stereocenters. The number of carbonyl (C=O) groups excluding carboxylic acids is 3. The molecule has 1 spiro atoms. The number of aliphatic hydroxyl groups is 1. The zero-order valence-corrected chi connectivity index (χ0v) is 22.5. The maximum Gasteiger partial charge on any atom is 0.313 e. The van der Waals surface area contributed by atoms with Crippen LogP contribution in [0.25, 0.3) is 0 Å². The third-order valence-corrected chi connectivity index (χ3v) is 8.56. The van der Waals surface area contributed by atoms with Crippen LogP contribution in [0.1, 0.15) is 78.1 Å². The second-order valence-corrected chi connectivity index (χ2v) is 10.9. The van der Waals surface area contributed by atoms with Crippen LogP contribution < -0.4 is 0 Å². The summed E-state index contributed by atoms with van der Waals surface area (Å²) in [6.07, 6.45) is 16.0. The Kier molecular flexibility index (Phi) is 9.11. The van der Waals surface area contributed by atoms with Crippen molar-refractivity contribution in [3.8, 4) is 0 Å². The summed E-state index contributed by atoms with van der Waals surface area (Å²) in [5, 5.41) is 9.22. The summed E-state index contributed by atoms with van der Waals surface area (Å²) in [7, 11) is 0. The quantitative estimate of drug-likeness (QED) is 0.272. The standard InChI is InChI=1S/C29H44N2O6/c1-3-5-10-17-30-18-14-16-29-22(25(33)31(24(29)26(30)34)19-11-8-12-20-32)23-27(35)36-21-13-7-6-9-15-28(23,4-2)37-29/h9,14-16,22-24,32H,3-8,10-13,17-21H2,1-2H3/b15-9-/t22-,23-,24?,28+,29-/m0/s1. The van der Waals surface area contributed by atoms with E-state index in [1.807, 2.05) is 30.1 Å². The molecule has 8 heteroatoms. The zero-order valence-electron chi connectivity index (χ0n) is 22.5. The Bertz CT molecular complexity index is 903. The molecule has 8 nitrogen and oxygen atoms in total. The number of ether oxygens (including phenoxy) is 2. The Morgan fingerprint density at radius 3 is 2.51 bits per heavy atom. The van der Waals surface area contributed by atoms with Crippen molar-refractivity contribution in [2.45, 2.75) is 95.3 Å². The SMILES string of the molecule is CCCCCN1CC=C[C@]23O[C@]4(CC)/C=C\CCCCOC(=O)[C@@H]4[C@H]2C(=O)N(CCCCCO)C3C1=O. The highest BCUT2D eigenvalue weighted by Crippen LogP contribution is 2.58. The van der Waals surface area contributed by atoms with Crippen LogP contribution in [0.2, 0.25) is 0 Å². The lowest BCUT2D eigenvalue weighted by molar-refractivity contribution is -0.161. The van der Waals surface area contributed by atoms with Crippen molar-refractivity contribution in [3.05, 3.63) is 24.3 Å². The number of hydrogen-bond acceptors (Lipinski definition) is 6. The van der Waals surface area contributed by atoms with Gasteiger partial charge in [0, 0.05) is 26.2 Å². The number of aliphatic hydroxyl groups excluding tert-OH is 1. The first-order chi connectivity index (χ1) is 18.0. The van der Waals surface area contributed by atoms with E-state index in [1.54, 1.807) is 4.90 Å². The van der Waals surface area contributed by atoms with E-state index >= 15 is 0 Å². The van der Waals surface area contributed by atoms with Crippen molar-refractivity contribution in [2.75, 3.05) is 32.8 Å². The van der Waals surface area contributed by atoms with E-state index in [0.29, 0.717) is 45.5 Å². The lowest BCUT2D eigenvalue weighted by Gasteiger charge is -2.38. The second-order valence-electron chi connectivity index (χ2n) is 10.9. The largest absolute Gasteiger partial charge is 0.465 e. The van der Waals surface area contributed by atoms with Gasteiger partial charge in [-0.1, -0.05) is 51.0 Å². The summed E-state index contributed by atoms with van der Waals surface area (Å²) in [4.78, 5) is 45.5. The van der Waals surface area contributed by atoms with Crippen molar-refractivity contribution in [1.82, 2.24) is 9.80 Å². The first-order valence-corrected chi connectivity index (χ1v) is 14.4. The van der Waals surface area contributed by atoms with Gasteiger partial charge >= 0.3 is 5.97 Å². The second kappa shape index (κ2) is 12.1. The Morgan fingerprint density at radius 1 is 0.946 bits per heavy atom. The van der Waals surface area contributed by atoms with Crippen molar-refractivity contribution in [2.24, 2.45) is 11.8 Å². The number of unbranched alkanes of at least 4 members (excludes halogenated alkanes) is 4. The summed E-state index contributed by atoms with van der Waals surface area (Å²) in [6, 6.07) is -0.818. The van der Waals surface area contributed by atoms with Gasteiger partial charge in [0.1, 0.15) is 23.2 Å². The molecular formula is C29H44N2O6. The number of likely N-dealkylation sites (tertiary alicyclic amines) is 1. The number of carbonyl (C=O) groups is 3. The van der Waals surface area contributed by atoms with Crippen LogP contribution >= 0.6 is 0 Å². The molecule has 4 aliphatic heterocycles. The first kappa shape index (κ1) is 27.8. The number of nitrogens with zero attached hydrogens (tertiary/aromatic N) is 2. The lowest BCUT2D eigenvalue weighted by Crippen LogP contribution is -2.56.